The Morgan fingerprint density at radius 2 is 1.54 bits per heavy atom. The van der Waals surface area contributed by atoms with Crippen LogP contribution in [0.15, 0.2) is 54.6 Å². The Kier molecular flexibility index (Phi) is 8.23. The van der Waals surface area contributed by atoms with E-state index >= 15 is 0 Å². The normalized spacial score (nSPS) is 12.8. The van der Waals surface area contributed by atoms with E-state index in [0.29, 0.717) is 6.61 Å². The maximum atomic E-state index is 11.9. The molecule has 0 fully saturated rings. The highest BCUT2D eigenvalue weighted by Gasteiger charge is 2.41. The van der Waals surface area contributed by atoms with Gasteiger partial charge in [0.15, 0.2) is 8.24 Å². The fraction of sp³-hybridized carbons (Fsp3) is 0.409. The number of ether oxygens (including phenoxy) is 1. The summed E-state index contributed by atoms with van der Waals surface area (Å²) >= 11 is 0. The van der Waals surface area contributed by atoms with Crippen molar-refractivity contribution in [2.75, 3.05) is 0 Å². The molecule has 2 aromatic rings. The smallest absolute Gasteiger partial charge is 0.322 e. The molecule has 0 heterocycles. The van der Waals surface area contributed by atoms with Crippen LogP contribution in [0, 0.1) is 0 Å². The van der Waals surface area contributed by atoms with Crippen molar-refractivity contribution in [1.82, 2.24) is 4.73 Å². The van der Waals surface area contributed by atoms with E-state index in [1.165, 1.54) is 4.73 Å². The van der Waals surface area contributed by atoms with E-state index < -0.39 is 20.2 Å². The molecule has 0 unspecified atom stereocenters. The van der Waals surface area contributed by atoms with Gasteiger partial charge in [0.25, 0.3) is 0 Å². The minimum Gasteiger partial charge on any atom is -0.489 e. The number of nitrogens with zero attached hydrogens (tertiary/aromatic N) is 1. The van der Waals surface area contributed by atoms with Gasteiger partial charge in [-0.25, -0.2) is 4.73 Å². The summed E-state index contributed by atoms with van der Waals surface area (Å²) in [6, 6.07) is 18.9. The Morgan fingerprint density at radius 3 is 2.04 bits per heavy atom. The Morgan fingerprint density at radius 1 is 0.964 bits per heavy atom. The van der Waals surface area contributed by atoms with Crippen molar-refractivity contribution in [3.05, 3.63) is 65.7 Å². The predicted molar refractivity (Wildman–Crippen MR) is 113 cm³/mol. The van der Waals surface area contributed by atoms with Gasteiger partial charge in [-0.1, -0.05) is 63.2 Å². The number of hydrogen-bond acceptors (Lipinski definition) is 4. The average molecular weight is 402 g/mol. The van der Waals surface area contributed by atoms with Gasteiger partial charge in [-0.2, -0.15) is 0 Å². The van der Waals surface area contributed by atoms with E-state index in [4.69, 9.17) is 4.74 Å². The fourth-order valence-electron chi connectivity index (χ4n) is 3.53. The van der Waals surface area contributed by atoms with Gasteiger partial charge in [-0.15, -0.1) is 0 Å². The second kappa shape index (κ2) is 10.4. The summed E-state index contributed by atoms with van der Waals surface area (Å²) in [5.41, 5.74) is 1.96. The first-order valence-corrected chi connectivity index (χ1v) is 12.5. The monoisotopic (exact) mass is 401 g/mol. The van der Waals surface area contributed by atoms with Gasteiger partial charge in [0.2, 0.25) is 0 Å². The zero-order valence-electron chi connectivity index (χ0n) is 17.0. The standard InChI is InChI=1S/C22H31NO4Si/c1-4-28(5-2,6-3)23(26)21(22(24)25)16-18-12-14-20(15-13-18)27-17-19-10-8-7-9-11-19/h7-15,21,26H,4-6,16-17H2,1-3H3,(H,24,25)/t21-/m0/s1. The van der Waals surface area contributed by atoms with E-state index in [2.05, 4.69) is 0 Å². The largest absolute Gasteiger partial charge is 0.489 e. The lowest BCUT2D eigenvalue weighted by atomic mass is 10.1. The summed E-state index contributed by atoms with van der Waals surface area (Å²) in [6.45, 7) is 6.61. The van der Waals surface area contributed by atoms with Gasteiger partial charge in [0.05, 0.1) is 0 Å². The van der Waals surface area contributed by atoms with Crippen LogP contribution in [-0.2, 0) is 17.8 Å². The summed E-state index contributed by atoms with van der Waals surface area (Å²) in [4.78, 5) is 11.9. The molecule has 2 aromatic carbocycles. The molecular weight excluding hydrogens is 370 g/mol. The molecule has 0 saturated heterocycles. The Hall–Kier alpha value is -2.15. The van der Waals surface area contributed by atoms with Crippen LogP contribution in [0.5, 0.6) is 5.75 Å². The number of aliphatic carboxylic acids is 1. The Labute approximate surface area is 168 Å². The molecule has 1 atom stereocenters. The second-order valence-corrected chi connectivity index (χ2v) is 12.1. The van der Waals surface area contributed by atoms with Crippen molar-refractivity contribution in [2.45, 2.75) is 58.0 Å². The Bertz CT molecular complexity index is 724. The Balaban J connectivity index is 2.06. The molecule has 0 aromatic heterocycles. The predicted octanol–water partition coefficient (Wildman–Crippen LogP) is 4.96. The molecule has 28 heavy (non-hydrogen) atoms. The van der Waals surface area contributed by atoms with Crippen molar-refractivity contribution < 1.29 is 19.8 Å². The summed E-state index contributed by atoms with van der Waals surface area (Å²) in [5, 5.41) is 20.5. The lowest BCUT2D eigenvalue weighted by Gasteiger charge is -2.39. The number of carbonyl (C=O) groups is 1. The van der Waals surface area contributed by atoms with E-state index in [-0.39, 0.29) is 6.42 Å². The van der Waals surface area contributed by atoms with Gasteiger partial charge in [0, 0.05) is 6.42 Å². The van der Waals surface area contributed by atoms with Crippen molar-refractivity contribution in [3.63, 3.8) is 0 Å². The summed E-state index contributed by atoms with van der Waals surface area (Å²) in [6.07, 6.45) is 0.263. The molecule has 0 spiro atoms. The van der Waals surface area contributed by atoms with Crippen LogP contribution in [0.1, 0.15) is 31.9 Å². The average Bonchev–Trinajstić information content (AvgIpc) is 2.73. The molecule has 0 aliphatic carbocycles. The second-order valence-electron chi connectivity index (χ2n) is 7.11. The molecule has 5 nitrogen and oxygen atoms in total. The molecule has 0 bridgehead atoms. The first-order valence-electron chi connectivity index (χ1n) is 9.92. The molecule has 0 saturated carbocycles. The van der Waals surface area contributed by atoms with Crippen molar-refractivity contribution in [1.29, 1.82) is 0 Å². The molecule has 0 aliphatic heterocycles. The number of hydroxylamine groups is 1. The third-order valence-electron chi connectivity index (χ3n) is 5.64. The maximum absolute atomic E-state index is 11.9. The van der Waals surface area contributed by atoms with Gasteiger partial charge in [-0.3, -0.25) is 4.79 Å². The van der Waals surface area contributed by atoms with Crippen LogP contribution < -0.4 is 4.74 Å². The van der Waals surface area contributed by atoms with Crippen LogP contribution in [0.25, 0.3) is 0 Å². The highest BCUT2D eigenvalue weighted by atomic mass is 28.3. The van der Waals surface area contributed by atoms with Gasteiger partial charge >= 0.3 is 5.97 Å². The van der Waals surface area contributed by atoms with E-state index in [9.17, 15) is 15.1 Å². The minimum atomic E-state index is -2.18. The highest BCUT2D eigenvalue weighted by Crippen LogP contribution is 2.27. The van der Waals surface area contributed by atoms with Crippen LogP contribution in [0.2, 0.25) is 18.1 Å². The number of benzene rings is 2. The molecule has 0 radical (unpaired) electrons. The van der Waals surface area contributed by atoms with Crippen molar-refractivity contribution in [2.24, 2.45) is 0 Å². The number of carboxylic acids is 1. The molecular formula is C22H31NO4Si. The zero-order chi connectivity index (χ0) is 20.6. The van der Waals surface area contributed by atoms with E-state index in [0.717, 1.165) is 35.0 Å². The number of rotatable bonds is 11. The SMILES string of the molecule is CC[Si](CC)(CC)N(O)[C@@H](Cc1ccc(OCc2ccccc2)cc1)C(=O)O. The summed E-state index contributed by atoms with van der Waals surface area (Å²) < 4.78 is 6.99. The first kappa shape index (κ1) is 22.1. The summed E-state index contributed by atoms with van der Waals surface area (Å²) in [7, 11) is -2.18. The minimum absolute atomic E-state index is 0.263. The third kappa shape index (κ3) is 5.44. The molecule has 152 valence electrons. The van der Waals surface area contributed by atoms with E-state index in [1.54, 1.807) is 0 Å². The lowest BCUT2D eigenvalue weighted by molar-refractivity contribution is -0.153. The zero-order valence-corrected chi connectivity index (χ0v) is 18.0. The molecule has 0 aliphatic rings. The first-order chi connectivity index (χ1) is 13.5. The quantitative estimate of drug-likeness (QED) is 0.411. The fourth-order valence-corrected chi connectivity index (χ4v) is 6.87. The van der Waals surface area contributed by atoms with Crippen LogP contribution >= 0.6 is 0 Å². The summed E-state index contributed by atoms with van der Waals surface area (Å²) in [5.74, 6) is -0.251. The van der Waals surface area contributed by atoms with Crippen LogP contribution in [0.4, 0.5) is 0 Å². The van der Waals surface area contributed by atoms with Crippen molar-refractivity contribution in [3.8, 4) is 5.75 Å². The topological polar surface area (TPSA) is 70.0 Å². The van der Waals surface area contributed by atoms with Gasteiger partial charge < -0.3 is 15.1 Å². The molecule has 2 rings (SSSR count). The van der Waals surface area contributed by atoms with E-state index in [1.807, 2.05) is 75.4 Å². The van der Waals surface area contributed by atoms with Crippen LogP contribution in [-0.4, -0.2) is 35.3 Å². The van der Waals surface area contributed by atoms with Crippen LogP contribution in [0.3, 0.4) is 0 Å². The molecule has 6 heteroatoms. The third-order valence-corrected chi connectivity index (χ3v) is 10.9. The van der Waals surface area contributed by atoms with Gasteiger partial charge in [0.1, 0.15) is 18.4 Å². The molecule has 2 N–H and O–H groups in total. The lowest BCUT2D eigenvalue weighted by Crippen LogP contribution is -2.58. The van der Waals surface area contributed by atoms with Crippen molar-refractivity contribution >= 4 is 14.2 Å². The van der Waals surface area contributed by atoms with Gasteiger partial charge in [-0.05, 0) is 41.4 Å². The number of carboxylic acid groups (broad SMARTS) is 1. The number of hydrogen-bond donors (Lipinski definition) is 2. The maximum Gasteiger partial charge on any atom is 0.322 e. The molecule has 0 amide bonds. The highest BCUT2D eigenvalue weighted by molar-refractivity contribution is 6.76.